The number of fused-ring (bicyclic) bond motifs is 1. The summed E-state index contributed by atoms with van der Waals surface area (Å²) in [7, 11) is 4.12. The van der Waals surface area contributed by atoms with Crippen LogP contribution in [0.15, 0.2) is 29.0 Å². The van der Waals surface area contributed by atoms with Gasteiger partial charge in [-0.05, 0) is 47.6 Å². The second-order valence-electron chi connectivity index (χ2n) is 6.43. The molecule has 0 spiro atoms. The van der Waals surface area contributed by atoms with Crippen LogP contribution >= 0.6 is 15.9 Å². The van der Waals surface area contributed by atoms with E-state index in [1.807, 2.05) is 11.5 Å². The van der Waals surface area contributed by atoms with E-state index >= 15 is 0 Å². The minimum atomic E-state index is 0.284. The summed E-state index contributed by atoms with van der Waals surface area (Å²) in [5.74, 6) is 0.321. The highest BCUT2D eigenvalue weighted by atomic mass is 79.9. The minimum absolute atomic E-state index is 0.284. The fourth-order valence-electron chi connectivity index (χ4n) is 2.67. The van der Waals surface area contributed by atoms with Gasteiger partial charge in [0.2, 0.25) is 0 Å². The number of ether oxygens (including phenoxy) is 1. The van der Waals surface area contributed by atoms with Gasteiger partial charge in [0.1, 0.15) is 0 Å². The molecule has 0 saturated carbocycles. The van der Waals surface area contributed by atoms with Crippen molar-refractivity contribution in [3.8, 4) is 6.01 Å². The molecule has 2 aromatic heterocycles. The van der Waals surface area contributed by atoms with E-state index in [1.54, 1.807) is 0 Å². The van der Waals surface area contributed by atoms with Crippen LogP contribution in [0, 0.1) is 0 Å². The van der Waals surface area contributed by atoms with Crippen LogP contribution in [-0.2, 0) is 13.1 Å². The number of halogens is 1. The molecular weight excluding hydrogens is 396 g/mol. The Balaban J connectivity index is 1.91. The van der Waals surface area contributed by atoms with Crippen molar-refractivity contribution in [3.05, 3.63) is 40.1 Å². The quantitative estimate of drug-likeness (QED) is 0.593. The summed E-state index contributed by atoms with van der Waals surface area (Å²) in [6.45, 7) is 4.12. The Labute approximate surface area is 161 Å². The van der Waals surface area contributed by atoms with E-state index in [0.717, 1.165) is 18.5 Å². The zero-order valence-electron chi connectivity index (χ0n) is 15.2. The average Bonchev–Trinajstić information content (AvgIpc) is 2.91. The first-order valence-electron chi connectivity index (χ1n) is 8.52. The maximum absolute atomic E-state index is 6.04. The Morgan fingerprint density at radius 2 is 1.81 bits per heavy atom. The van der Waals surface area contributed by atoms with Gasteiger partial charge in [-0.15, -0.1) is 0 Å². The smallest absolute Gasteiger partial charge is 0.320 e. The van der Waals surface area contributed by atoms with Gasteiger partial charge in [0.05, 0.1) is 13.2 Å². The Morgan fingerprint density at radius 3 is 2.46 bits per heavy atom. The zero-order chi connectivity index (χ0) is 18.7. The summed E-state index contributed by atoms with van der Waals surface area (Å²) in [5, 5.41) is 0. The minimum Gasteiger partial charge on any atom is -0.463 e. The highest BCUT2D eigenvalue weighted by Crippen LogP contribution is 2.25. The lowest BCUT2D eigenvalue weighted by atomic mass is 10.1. The van der Waals surface area contributed by atoms with E-state index in [4.69, 9.17) is 10.5 Å². The van der Waals surface area contributed by atoms with Crippen LogP contribution in [0.4, 0.5) is 5.82 Å². The molecule has 1 aromatic carbocycles. The van der Waals surface area contributed by atoms with Gasteiger partial charge >= 0.3 is 6.01 Å². The second kappa shape index (κ2) is 8.01. The van der Waals surface area contributed by atoms with E-state index in [0.29, 0.717) is 34.9 Å². The summed E-state index contributed by atoms with van der Waals surface area (Å²) >= 11 is 3.51. The lowest BCUT2D eigenvalue weighted by Gasteiger charge is -2.11. The summed E-state index contributed by atoms with van der Waals surface area (Å²) < 4.78 is 8.18. The highest BCUT2D eigenvalue weighted by Gasteiger charge is 2.16. The van der Waals surface area contributed by atoms with Crippen molar-refractivity contribution < 1.29 is 4.74 Å². The first-order chi connectivity index (χ1) is 12.5. The third-order valence-corrected chi connectivity index (χ3v) is 4.46. The largest absolute Gasteiger partial charge is 0.463 e. The predicted molar refractivity (Wildman–Crippen MR) is 106 cm³/mol. The SMILES string of the molecule is CCCOc1nc(N)c2nc(Br)n(Cc3ccc(CN(C)C)cc3)c2n1. The molecule has 0 bridgehead atoms. The van der Waals surface area contributed by atoms with Crippen molar-refractivity contribution in [1.82, 2.24) is 24.4 Å². The number of benzene rings is 1. The molecule has 8 heteroatoms. The third kappa shape index (κ3) is 4.13. The molecule has 0 aliphatic heterocycles. The van der Waals surface area contributed by atoms with Crippen molar-refractivity contribution in [2.45, 2.75) is 26.4 Å². The molecule has 0 aliphatic carbocycles. The fraction of sp³-hybridized carbons (Fsp3) is 0.389. The van der Waals surface area contributed by atoms with Crippen molar-refractivity contribution in [3.63, 3.8) is 0 Å². The van der Waals surface area contributed by atoms with Crippen molar-refractivity contribution in [2.75, 3.05) is 26.4 Å². The number of anilines is 1. The van der Waals surface area contributed by atoms with Crippen LogP contribution < -0.4 is 10.5 Å². The van der Waals surface area contributed by atoms with Crippen molar-refractivity contribution in [1.29, 1.82) is 0 Å². The summed E-state index contributed by atoms with van der Waals surface area (Å²) in [6, 6.07) is 8.81. The van der Waals surface area contributed by atoms with Crippen molar-refractivity contribution >= 4 is 32.9 Å². The molecule has 138 valence electrons. The molecule has 0 radical (unpaired) electrons. The van der Waals surface area contributed by atoms with E-state index in [-0.39, 0.29) is 6.01 Å². The second-order valence-corrected chi connectivity index (χ2v) is 7.14. The lowest BCUT2D eigenvalue weighted by Crippen LogP contribution is -2.10. The predicted octanol–water partition coefficient (Wildman–Crippen LogP) is 3.07. The maximum Gasteiger partial charge on any atom is 0.320 e. The Hall–Kier alpha value is -2.19. The van der Waals surface area contributed by atoms with Crippen LogP contribution in [-0.4, -0.2) is 45.1 Å². The van der Waals surface area contributed by atoms with Gasteiger partial charge in [-0.25, -0.2) is 4.98 Å². The number of hydrogen-bond acceptors (Lipinski definition) is 6. The van der Waals surface area contributed by atoms with Gasteiger partial charge in [0.25, 0.3) is 0 Å². The van der Waals surface area contributed by atoms with Crippen LogP contribution in [0.5, 0.6) is 6.01 Å². The lowest BCUT2D eigenvalue weighted by molar-refractivity contribution is 0.293. The number of nitrogen functional groups attached to an aromatic ring is 1. The van der Waals surface area contributed by atoms with Gasteiger partial charge < -0.3 is 15.4 Å². The topological polar surface area (TPSA) is 82.1 Å². The first kappa shape index (κ1) is 18.6. The molecule has 3 rings (SSSR count). The monoisotopic (exact) mass is 418 g/mol. The normalized spacial score (nSPS) is 11.4. The van der Waals surface area contributed by atoms with Gasteiger partial charge in [0, 0.05) is 6.54 Å². The summed E-state index contributed by atoms with van der Waals surface area (Å²) in [5.41, 5.74) is 9.70. The molecular formula is C18H23BrN6O. The number of rotatable bonds is 7. The molecule has 7 nitrogen and oxygen atoms in total. The molecule has 0 aliphatic rings. The molecule has 2 heterocycles. The van der Waals surface area contributed by atoms with Crippen molar-refractivity contribution in [2.24, 2.45) is 0 Å². The van der Waals surface area contributed by atoms with Gasteiger partial charge in [-0.3, -0.25) is 4.57 Å². The maximum atomic E-state index is 6.04. The number of nitrogens with two attached hydrogens (primary N) is 1. The molecule has 0 unspecified atom stereocenters. The Kier molecular flexibility index (Phi) is 5.73. The van der Waals surface area contributed by atoms with Gasteiger partial charge in [0.15, 0.2) is 21.7 Å². The fourth-order valence-corrected chi connectivity index (χ4v) is 3.14. The van der Waals surface area contributed by atoms with Gasteiger partial charge in [-0.2, -0.15) is 9.97 Å². The number of imidazole rings is 1. The van der Waals surface area contributed by atoms with E-state index in [1.165, 1.54) is 5.56 Å². The number of hydrogen-bond donors (Lipinski definition) is 1. The summed E-state index contributed by atoms with van der Waals surface area (Å²) in [6.07, 6.45) is 0.879. The Morgan fingerprint density at radius 1 is 1.12 bits per heavy atom. The zero-order valence-corrected chi connectivity index (χ0v) is 16.8. The number of aromatic nitrogens is 4. The highest BCUT2D eigenvalue weighted by molar-refractivity contribution is 9.10. The van der Waals surface area contributed by atoms with E-state index in [9.17, 15) is 0 Å². The first-order valence-corrected chi connectivity index (χ1v) is 9.31. The summed E-state index contributed by atoms with van der Waals surface area (Å²) in [4.78, 5) is 15.3. The molecule has 0 fully saturated rings. The Bertz CT molecular complexity index is 891. The standard InChI is InChI=1S/C18H23BrN6O/c1-4-9-26-18-22-15(20)14-16(23-18)25(17(19)21-14)11-13-7-5-12(6-8-13)10-24(2)3/h5-8H,4,9-11H2,1-3H3,(H2,20,22,23). The van der Waals surface area contributed by atoms with Gasteiger partial charge in [-0.1, -0.05) is 31.2 Å². The molecule has 26 heavy (non-hydrogen) atoms. The van der Waals surface area contributed by atoms with Crippen LogP contribution in [0.2, 0.25) is 0 Å². The molecule has 0 saturated heterocycles. The molecule has 0 atom stereocenters. The third-order valence-electron chi connectivity index (χ3n) is 3.85. The number of nitrogens with zero attached hydrogens (tertiary/aromatic N) is 5. The average molecular weight is 419 g/mol. The molecule has 0 amide bonds. The van der Waals surface area contributed by atoms with Crippen LogP contribution in [0.1, 0.15) is 24.5 Å². The molecule has 3 aromatic rings. The van der Waals surface area contributed by atoms with E-state index < -0.39 is 0 Å². The van der Waals surface area contributed by atoms with Crippen LogP contribution in [0.3, 0.4) is 0 Å². The van der Waals surface area contributed by atoms with Crippen LogP contribution in [0.25, 0.3) is 11.2 Å². The van der Waals surface area contributed by atoms with E-state index in [2.05, 4.69) is 74.1 Å². The molecule has 2 N–H and O–H groups in total.